The Morgan fingerprint density at radius 1 is 1.17 bits per heavy atom. The zero-order valence-electron chi connectivity index (χ0n) is 18.9. The number of pyridine rings is 1. The predicted molar refractivity (Wildman–Crippen MR) is 137 cm³/mol. The number of carbonyl (C=O) groups excluding carboxylic acids is 2. The number of para-hydroxylation sites is 1. The van der Waals surface area contributed by atoms with E-state index >= 15 is 0 Å². The fourth-order valence-electron chi connectivity index (χ4n) is 4.35. The number of aromatic nitrogens is 1. The van der Waals surface area contributed by atoms with Crippen LogP contribution >= 0.6 is 21.6 Å². The number of nitrogens with zero attached hydrogens (tertiary/aromatic N) is 3. The van der Waals surface area contributed by atoms with Crippen LogP contribution in [0, 0.1) is 0 Å². The first kappa shape index (κ1) is 23.4. The number of aromatic hydroxyl groups is 1. The molecule has 5 rings (SSSR count). The SMILES string of the molecule is COc1cc2c(cc1O)N(C(=O)OCCSSc1ccccn1)C[C@@H]1Cc3ccccc3N1C2=O. The molecule has 0 aliphatic carbocycles. The van der Waals surface area contributed by atoms with Gasteiger partial charge in [0.1, 0.15) is 11.6 Å². The molecule has 35 heavy (non-hydrogen) atoms. The Bertz CT molecular complexity index is 1260. The highest BCUT2D eigenvalue weighted by atomic mass is 33.1. The van der Waals surface area contributed by atoms with Gasteiger partial charge in [0.15, 0.2) is 11.5 Å². The quantitative estimate of drug-likeness (QED) is 0.376. The zero-order chi connectivity index (χ0) is 24.4. The summed E-state index contributed by atoms with van der Waals surface area (Å²) in [5, 5.41) is 11.3. The van der Waals surface area contributed by atoms with E-state index in [1.54, 1.807) is 11.1 Å². The van der Waals surface area contributed by atoms with Gasteiger partial charge < -0.3 is 19.5 Å². The Morgan fingerprint density at radius 3 is 2.80 bits per heavy atom. The van der Waals surface area contributed by atoms with E-state index in [0.29, 0.717) is 17.9 Å². The van der Waals surface area contributed by atoms with Crippen molar-refractivity contribution in [2.75, 3.05) is 35.8 Å². The number of hydrogen-bond donors (Lipinski definition) is 1. The van der Waals surface area contributed by atoms with Crippen molar-refractivity contribution in [3.8, 4) is 11.5 Å². The summed E-state index contributed by atoms with van der Waals surface area (Å²) in [5.74, 6) is 0.341. The molecule has 1 N–H and O–H groups in total. The van der Waals surface area contributed by atoms with Crippen molar-refractivity contribution in [2.45, 2.75) is 17.5 Å². The highest BCUT2D eigenvalue weighted by Crippen LogP contribution is 2.42. The van der Waals surface area contributed by atoms with Gasteiger partial charge in [-0.1, -0.05) is 35.1 Å². The van der Waals surface area contributed by atoms with Crippen molar-refractivity contribution in [3.05, 3.63) is 71.9 Å². The number of phenolic OH excluding ortho intramolecular Hbond substituents is 1. The highest BCUT2D eigenvalue weighted by Gasteiger charge is 2.41. The molecule has 2 aliphatic rings. The highest BCUT2D eigenvalue weighted by molar-refractivity contribution is 8.76. The molecule has 0 radical (unpaired) electrons. The molecular weight excluding hydrogens is 486 g/mol. The molecule has 2 aliphatic heterocycles. The molecule has 180 valence electrons. The summed E-state index contributed by atoms with van der Waals surface area (Å²) >= 11 is 0. The lowest BCUT2D eigenvalue weighted by atomic mass is 10.1. The van der Waals surface area contributed by atoms with Crippen LogP contribution in [-0.2, 0) is 11.2 Å². The van der Waals surface area contributed by atoms with Crippen LogP contribution in [0.2, 0.25) is 0 Å². The molecule has 0 fully saturated rings. The molecule has 0 saturated heterocycles. The van der Waals surface area contributed by atoms with Crippen molar-refractivity contribution in [1.82, 2.24) is 4.98 Å². The molecule has 8 nitrogen and oxygen atoms in total. The number of hydrogen-bond acceptors (Lipinski definition) is 8. The fourth-order valence-corrected chi connectivity index (χ4v) is 6.05. The molecule has 0 bridgehead atoms. The summed E-state index contributed by atoms with van der Waals surface area (Å²) in [5.41, 5.74) is 2.46. The van der Waals surface area contributed by atoms with Gasteiger partial charge in [-0.3, -0.25) is 9.69 Å². The number of carbonyl (C=O) groups is 2. The zero-order valence-corrected chi connectivity index (χ0v) is 20.6. The average Bonchev–Trinajstić information content (AvgIpc) is 3.20. The summed E-state index contributed by atoms with van der Waals surface area (Å²) in [4.78, 5) is 34.3. The first-order valence-electron chi connectivity index (χ1n) is 11.0. The Hall–Kier alpha value is -3.37. The normalized spacial score (nSPS) is 16.3. The Balaban J connectivity index is 1.36. The van der Waals surface area contributed by atoms with E-state index in [4.69, 9.17) is 9.47 Å². The number of phenols is 1. The Morgan fingerprint density at radius 2 is 2.00 bits per heavy atom. The van der Waals surface area contributed by atoms with Gasteiger partial charge >= 0.3 is 6.09 Å². The van der Waals surface area contributed by atoms with Crippen molar-refractivity contribution >= 4 is 45.0 Å². The van der Waals surface area contributed by atoms with Crippen molar-refractivity contribution < 1.29 is 24.2 Å². The molecule has 0 saturated carbocycles. The molecular formula is C25H23N3O5S2. The molecule has 2 aromatic carbocycles. The van der Waals surface area contributed by atoms with E-state index < -0.39 is 6.09 Å². The minimum absolute atomic E-state index is 0.151. The topological polar surface area (TPSA) is 92.2 Å². The van der Waals surface area contributed by atoms with E-state index in [1.165, 1.54) is 45.7 Å². The maximum absolute atomic E-state index is 13.7. The maximum atomic E-state index is 13.7. The number of methoxy groups -OCH3 is 1. The molecule has 3 aromatic rings. The minimum Gasteiger partial charge on any atom is -0.504 e. The molecule has 0 spiro atoms. The fraction of sp³-hybridized carbons (Fsp3) is 0.240. The first-order valence-corrected chi connectivity index (χ1v) is 13.4. The Labute approximate surface area is 210 Å². The third-order valence-corrected chi connectivity index (χ3v) is 8.13. The van der Waals surface area contributed by atoms with Gasteiger partial charge in [0.25, 0.3) is 5.91 Å². The van der Waals surface area contributed by atoms with Gasteiger partial charge in [0, 0.05) is 23.7 Å². The molecule has 1 atom stereocenters. The van der Waals surface area contributed by atoms with E-state index in [-0.39, 0.29) is 42.2 Å². The van der Waals surface area contributed by atoms with Gasteiger partial charge in [-0.05, 0) is 47.0 Å². The predicted octanol–water partition coefficient (Wildman–Crippen LogP) is 4.76. The maximum Gasteiger partial charge on any atom is 0.414 e. The number of anilines is 2. The second-order valence-electron chi connectivity index (χ2n) is 8.00. The lowest BCUT2D eigenvalue weighted by molar-refractivity contribution is 0.0983. The van der Waals surface area contributed by atoms with Crippen LogP contribution in [0.15, 0.2) is 65.8 Å². The monoisotopic (exact) mass is 509 g/mol. The van der Waals surface area contributed by atoms with E-state index in [0.717, 1.165) is 16.3 Å². The van der Waals surface area contributed by atoms with Gasteiger partial charge in [0.05, 0.1) is 30.9 Å². The number of rotatable bonds is 6. The van der Waals surface area contributed by atoms with Crippen LogP contribution in [0.5, 0.6) is 11.5 Å². The van der Waals surface area contributed by atoms with Crippen molar-refractivity contribution in [2.24, 2.45) is 0 Å². The van der Waals surface area contributed by atoms with Crippen LogP contribution in [-0.4, -0.2) is 54.1 Å². The second-order valence-corrected chi connectivity index (χ2v) is 10.4. The van der Waals surface area contributed by atoms with Gasteiger partial charge in [0.2, 0.25) is 0 Å². The van der Waals surface area contributed by atoms with Gasteiger partial charge in [-0.25, -0.2) is 9.78 Å². The van der Waals surface area contributed by atoms with Crippen molar-refractivity contribution in [1.29, 1.82) is 0 Å². The lowest BCUT2D eigenvalue weighted by Crippen LogP contribution is -2.44. The summed E-state index contributed by atoms with van der Waals surface area (Å²) in [7, 11) is 4.47. The third kappa shape index (κ3) is 4.63. The molecule has 1 aromatic heterocycles. The number of benzene rings is 2. The Kier molecular flexibility index (Phi) is 6.74. The number of fused-ring (bicyclic) bond motifs is 4. The number of ether oxygens (including phenoxy) is 2. The van der Waals surface area contributed by atoms with Gasteiger partial charge in [-0.2, -0.15) is 0 Å². The van der Waals surface area contributed by atoms with Crippen LogP contribution < -0.4 is 14.5 Å². The molecule has 10 heteroatoms. The third-order valence-electron chi connectivity index (χ3n) is 5.90. The van der Waals surface area contributed by atoms with Gasteiger partial charge in [-0.15, -0.1) is 0 Å². The molecule has 3 heterocycles. The smallest absolute Gasteiger partial charge is 0.414 e. The number of amides is 2. The standard InChI is InChI=1S/C25H23N3O5S2/c1-32-22-13-18-20(14-21(22)29)27(25(31)33-10-11-34-35-23-8-4-5-9-26-23)15-17-12-16-6-2-3-7-19(16)28(17)24(18)30/h2-9,13-14,17,29H,10-12,15H2,1H3/t17-/m0/s1. The second kappa shape index (κ2) is 10.1. The average molecular weight is 510 g/mol. The summed E-state index contributed by atoms with van der Waals surface area (Å²) < 4.78 is 10.8. The lowest BCUT2D eigenvalue weighted by Gasteiger charge is -2.26. The summed E-state index contributed by atoms with van der Waals surface area (Å²) in [6, 6.07) is 16.1. The van der Waals surface area contributed by atoms with E-state index in [2.05, 4.69) is 4.98 Å². The van der Waals surface area contributed by atoms with E-state index in [1.807, 2.05) is 42.5 Å². The van der Waals surface area contributed by atoms with Crippen LogP contribution in [0.3, 0.4) is 0 Å². The van der Waals surface area contributed by atoms with Crippen LogP contribution in [0.1, 0.15) is 15.9 Å². The summed E-state index contributed by atoms with van der Waals surface area (Å²) in [6.07, 6.45) is 1.79. The largest absolute Gasteiger partial charge is 0.504 e. The van der Waals surface area contributed by atoms with Crippen LogP contribution in [0.25, 0.3) is 0 Å². The van der Waals surface area contributed by atoms with Crippen LogP contribution in [0.4, 0.5) is 16.2 Å². The molecule has 0 unspecified atom stereocenters. The van der Waals surface area contributed by atoms with Crippen molar-refractivity contribution in [3.63, 3.8) is 0 Å². The van der Waals surface area contributed by atoms with E-state index in [9.17, 15) is 14.7 Å². The summed E-state index contributed by atoms with van der Waals surface area (Å²) in [6.45, 7) is 0.438. The molecule has 2 amide bonds. The first-order chi connectivity index (χ1) is 17.1. The minimum atomic E-state index is -0.565.